The molecule has 1 atom stereocenters. The van der Waals surface area contributed by atoms with Gasteiger partial charge in [-0.05, 0) is 106 Å². The Bertz CT molecular complexity index is 2730. The number of benzene rings is 3. The number of pyridine rings is 1. The van der Waals surface area contributed by atoms with Crippen LogP contribution < -0.4 is 34.8 Å². The fraction of sp³-hybridized carbons (Fsp3) is 0.490. The topological polar surface area (TPSA) is 163 Å². The van der Waals surface area contributed by atoms with Crippen molar-refractivity contribution < 1.29 is 27.5 Å². The third-order valence-corrected chi connectivity index (χ3v) is 16.9. The van der Waals surface area contributed by atoms with Gasteiger partial charge in [0, 0.05) is 106 Å². The molecule has 0 bridgehead atoms. The van der Waals surface area contributed by atoms with Crippen LogP contribution in [0.2, 0.25) is 5.02 Å². The lowest BCUT2D eigenvalue weighted by atomic mass is 9.92. The molecule has 3 amide bonds. The maximum Gasteiger partial charge on any atom is 0.255 e. The highest BCUT2D eigenvalue weighted by Gasteiger charge is 2.40. The number of carbonyl (C=O) groups excluding carboxylic acids is 3. The fourth-order valence-corrected chi connectivity index (χ4v) is 12.6. The third kappa shape index (κ3) is 9.79. The van der Waals surface area contributed by atoms with Crippen LogP contribution in [-0.4, -0.2) is 137 Å². The van der Waals surface area contributed by atoms with E-state index in [0.29, 0.717) is 77.1 Å². The highest BCUT2D eigenvalue weighted by molar-refractivity contribution is 7.92. The van der Waals surface area contributed by atoms with Gasteiger partial charge in [-0.25, -0.2) is 13.4 Å². The zero-order chi connectivity index (χ0) is 48.0. The maximum atomic E-state index is 13.4. The first-order chi connectivity index (χ1) is 33.3. The average Bonchev–Trinajstić information content (AvgIpc) is 3.95. The molecule has 69 heavy (non-hydrogen) atoms. The molecule has 3 aromatic carbocycles. The van der Waals surface area contributed by atoms with Crippen LogP contribution in [0.4, 0.5) is 39.9 Å². The van der Waals surface area contributed by atoms with E-state index in [1.54, 1.807) is 18.2 Å². The summed E-state index contributed by atoms with van der Waals surface area (Å²) in [6, 6.07) is 18.2. The number of sulfonamides is 1. The van der Waals surface area contributed by atoms with E-state index in [-0.39, 0.29) is 24.1 Å². The van der Waals surface area contributed by atoms with Gasteiger partial charge in [-0.3, -0.25) is 28.9 Å². The van der Waals surface area contributed by atoms with Gasteiger partial charge < -0.3 is 35.0 Å². The number of ether oxygens (including phenoxy) is 1. The summed E-state index contributed by atoms with van der Waals surface area (Å²) in [5.41, 5.74) is 8.33. The third-order valence-electron chi connectivity index (χ3n) is 15.4. The smallest absolute Gasteiger partial charge is 0.255 e. The molecule has 1 aromatic heterocycles. The number of fused-ring (bicyclic) bond motifs is 2. The molecule has 0 saturated carbocycles. The number of methoxy groups -OCH3 is 1. The lowest BCUT2D eigenvalue weighted by molar-refractivity contribution is -0.136. The number of piperidine rings is 3. The second-order valence-electron chi connectivity index (χ2n) is 19.5. The Kier molecular flexibility index (Phi) is 13.4. The number of imide groups is 1. The van der Waals surface area contributed by atoms with Crippen molar-refractivity contribution in [2.75, 3.05) is 104 Å². The first-order valence-corrected chi connectivity index (χ1v) is 26.7. The predicted molar refractivity (Wildman–Crippen MR) is 271 cm³/mol. The molecular weight excluding hydrogens is 916 g/mol. The van der Waals surface area contributed by atoms with Crippen LogP contribution in [0.1, 0.15) is 72.0 Å². The van der Waals surface area contributed by atoms with Crippen molar-refractivity contribution in [2.45, 2.75) is 76.9 Å². The van der Waals surface area contributed by atoms with Gasteiger partial charge in [0.05, 0.1) is 47.3 Å². The second kappa shape index (κ2) is 19.6. The van der Waals surface area contributed by atoms with Crippen LogP contribution in [0.3, 0.4) is 0 Å². The number of halogens is 1. The van der Waals surface area contributed by atoms with Crippen molar-refractivity contribution in [3.8, 4) is 5.75 Å². The van der Waals surface area contributed by atoms with Crippen molar-refractivity contribution in [2.24, 2.45) is 5.92 Å². The van der Waals surface area contributed by atoms with Crippen molar-refractivity contribution in [3.63, 3.8) is 0 Å². The number of para-hydroxylation sites is 1. The molecule has 1 unspecified atom stereocenters. The van der Waals surface area contributed by atoms with Crippen molar-refractivity contribution in [1.82, 2.24) is 25.0 Å². The summed E-state index contributed by atoms with van der Waals surface area (Å²) >= 11 is 6.72. The minimum absolute atomic E-state index is 0.117. The molecular formula is C51H63ClN10O6S. The number of anilines is 7. The first kappa shape index (κ1) is 47.1. The summed E-state index contributed by atoms with van der Waals surface area (Å²) in [6.45, 7) is 12.2. The Morgan fingerprint density at radius 1 is 0.812 bits per heavy atom. The van der Waals surface area contributed by atoms with Gasteiger partial charge in [0.15, 0.2) is 0 Å². The van der Waals surface area contributed by atoms with Crippen LogP contribution in [0, 0.1) is 12.8 Å². The molecule has 4 saturated heterocycles. The maximum absolute atomic E-state index is 13.4. The average molecular weight is 980 g/mol. The minimum atomic E-state index is -3.45. The summed E-state index contributed by atoms with van der Waals surface area (Å²) in [6.07, 6.45) is 9.84. The normalized spacial score (nSPS) is 20.9. The number of rotatable bonds is 13. The zero-order valence-corrected chi connectivity index (χ0v) is 41.4. The Balaban J connectivity index is 0.670. The van der Waals surface area contributed by atoms with E-state index in [1.165, 1.54) is 17.0 Å². The summed E-state index contributed by atoms with van der Waals surface area (Å²) in [4.78, 5) is 54.0. The van der Waals surface area contributed by atoms with Gasteiger partial charge >= 0.3 is 0 Å². The quantitative estimate of drug-likeness (QED) is 0.124. The molecule has 0 radical (unpaired) electrons. The number of piperazine rings is 1. The van der Waals surface area contributed by atoms with E-state index in [9.17, 15) is 22.8 Å². The molecule has 6 aliphatic heterocycles. The molecule has 16 nitrogen and oxygen atoms in total. The number of nitrogens with one attached hydrogen (secondary N) is 3. The van der Waals surface area contributed by atoms with Crippen LogP contribution in [0.25, 0.3) is 0 Å². The highest BCUT2D eigenvalue weighted by atomic mass is 35.5. The lowest BCUT2D eigenvalue weighted by Crippen LogP contribution is -2.53. The Labute approximate surface area is 410 Å². The standard InChI is InChI=1S/C51H63ClN10O6S/c1-33-47(54-43-6-4-5-35-16-24-62(48(35)43)69(3,66)67)41(52)31-53-49(33)55-42-10-9-39(30-45(42)68-2)59-22-17-37(18-23-59)60-27-25-57(26-28-60)19-13-34-14-20-58(21-15-34)38-8-7-36-32-61(51(65)40(36)29-38)44-11-12-46(63)56-50(44)64/h4-10,29-31,34,37,44H,11-28,32H2,1-3H3,(H2,53,54,55)(H,56,63,64). The van der Waals surface area contributed by atoms with Crippen molar-refractivity contribution in [3.05, 3.63) is 88.1 Å². The zero-order valence-electron chi connectivity index (χ0n) is 39.8. The Morgan fingerprint density at radius 3 is 2.26 bits per heavy atom. The van der Waals surface area contributed by atoms with E-state index in [1.807, 2.05) is 43.3 Å². The highest BCUT2D eigenvalue weighted by Crippen LogP contribution is 2.42. The second-order valence-corrected chi connectivity index (χ2v) is 21.9. The van der Waals surface area contributed by atoms with Gasteiger partial charge in [0.25, 0.3) is 5.91 Å². The van der Waals surface area contributed by atoms with Gasteiger partial charge in [0.1, 0.15) is 17.6 Å². The van der Waals surface area contributed by atoms with E-state index >= 15 is 0 Å². The van der Waals surface area contributed by atoms with Crippen LogP contribution in [0.5, 0.6) is 5.75 Å². The monoisotopic (exact) mass is 978 g/mol. The van der Waals surface area contributed by atoms with E-state index in [0.717, 1.165) is 118 Å². The predicted octanol–water partition coefficient (Wildman–Crippen LogP) is 6.52. The molecule has 4 fully saturated rings. The van der Waals surface area contributed by atoms with Gasteiger partial charge in [-0.1, -0.05) is 29.8 Å². The van der Waals surface area contributed by atoms with E-state index < -0.39 is 16.1 Å². The molecule has 18 heteroatoms. The van der Waals surface area contributed by atoms with E-state index in [2.05, 4.69) is 58.7 Å². The Morgan fingerprint density at radius 2 is 1.54 bits per heavy atom. The molecule has 10 rings (SSSR count). The first-order valence-electron chi connectivity index (χ1n) is 24.5. The molecule has 0 spiro atoms. The van der Waals surface area contributed by atoms with E-state index in [4.69, 9.17) is 16.3 Å². The number of hydrogen-bond acceptors (Lipinski definition) is 13. The minimum Gasteiger partial charge on any atom is -0.494 e. The molecule has 6 aliphatic rings. The number of nitrogens with zero attached hydrogens (tertiary/aromatic N) is 7. The number of amides is 3. The van der Waals surface area contributed by atoms with Crippen LogP contribution in [0.15, 0.2) is 60.8 Å². The number of hydrogen-bond donors (Lipinski definition) is 3. The molecule has 4 aromatic rings. The summed E-state index contributed by atoms with van der Waals surface area (Å²) in [5, 5.41) is 9.72. The lowest BCUT2D eigenvalue weighted by Gasteiger charge is -2.43. The van der Waals surface area contributed by atoms with Gasteiger partial charge in [-0.2, -0.15) is 0 Å². The number of carbonyl (C=O) groups is 3. The van der Waals surface area contributed by atoms with Crippen LogP contribution in [-0.2, 0) is 32.6 Å². The van der Waals surface area contributed by atoms with Crippen LogP contribution >= 0.6 is 11.6 Å². The molecule has 7 heterocycles. The largest absolute Gasteiger partial charge is 0.494 e. The summed E-state index contributed by atoms with van der Waals surface area (Å²) in [7, 11) is -1.77. The molecule has 0 aliphatic carbocycles. The SMILES string of the molecule is COc1cc(N2CCC(N3CCN(CCC4CCN(c5ccc6c(c5)C(=O)N(C5CCC(=O)NC5=O)C6)CC4)CC3)CC2)ccc1Nc1ncc(Cl)c(Nc2cccc3c2N(S(C)(=O)=O)CC3)c1C. The fourth-order valence-electron chi connectivity index (χ4n) is 11.4. The van der Waals surface area contributed by atoms with Gasteiger partial charge in [-0.15, -0.1) is 0 Å². The van der Waals surface area contributed by atoms with Gasteiger partial charge in [0.2, 0.25) is 21.8 Å². The number of aromatic nitrogens is 1. The van der Waals surface area contributed by atoms with Crippen molar-refractivity contribution >= 4 is 79.3 Å². The van der Waals surface area contributed by atoms with Crippen molar-refractivity contribution in [1.29, 1.82) is 0 Å². The summed E-state index contributed by atoms with van der Waals surface area (Å²) < 4.78 is 32.6. The Hall–Kier alpha value is -5.62. The summed E-state index contributed by atoms with van der Waals surface area (Å²) in [5.74, 6) is 1.25. The molecule has 366 valence electrons. The molecule has 3 N–H and O–H groups in total.